The summed E-state index contributed by atoms with van der Waals surface area (Å²) in [5, 5.41) is 0. The van der Waals surface area contributed by atoms with Crippen LogP contribution in [0, 0.1) is 17.8 Å². The van der Waals surface area contributed by atoms with Crippen molar-refractivity contribution in [2.45, 2.75) is 53.4 Å². The standard InChI is InChI=1S/C28H27O2S/c1-28(2,20-19-22-11-9-12-22)30-27(29)23-13-10-18-26(21-23)31(24-14-5-3-6-15-24)25-16-7-4-8-17-25/h3-8,10,13-18,21-22H,9,11-12H2,1-2H3/q+1. The van der Waals surface area contributed by atoms with Crippen LogP contribution < -0.4 is 0 Å². The highest BCUT2D eigenvalue weighted by atomic mass is 32.2. The minimum Gasteiger partial charge on any atom is -0.443 e. The number of hydrogen-bond donors (Lipinski definition) is 0. The Morgan fingerprint density at radius 2 is 1.45 bits per heavy atom. The minimum absolute atomic E-state index is 0.304. The van der Waals surface area contributed by atoms with Crippen LogP contribution in [-0.2, 0) is 15.6 Å². The van der Waals surface area contributed by atoms with Crippen molar-refractivity contribution in [3.63, 3.8) is 0 Å². The molecule has 0 bridgehead atoms. The third-order valence-corrected chi connectivity index (χ3v) is 7.51. The Kier molecular flexibility index (Phi) is 6.49. The molecule has 3 aromatic rings. The van der Waals surface area contributed by atoms with Crippen LogP contribution in [0.2, 0.25) is 0 Å². The molecule has 0 N–H and O–H groups in total. The van der Waals surface area contributed by atoms with Crippen molar-refractivity contribution in [3.05, 3.63) is 90.5 Å². The predicted octanol–water partition coefficient (Wildman–Crippen LogP) is 6.52. The smallest absolute Gasteiger partial charge is 0.339 e. The summed E-state index contributed by atoms with van der Waals surface area (Å²) in [5.41, 5.74) is -0.246. The molecular formula is C28H27O2S+. The third-order valence-electron chi connectivity index (χ3n) is 5.29. The highest BCUT2D eigenvalue weighted by Gasteiger charge is 2.30. The van der Waals surface area contributed by atoms with Crippen LogP contribution in [-0.4, -0.2) is 11.6 Å². The molecule has 3 aromatic carbocycles. The maximum atomic E-state index is 12.9. The van der Waals surface area contributed by atoms with Crippen molar-refractivity contribution in [1.82, 2.24) is 0 Å². The summed E-state index contributed by atoms with van der Waals surface area (Å²) in [5.74, 6) is 6.55. The molecule has 1 fully saturated rings. The van der Waals surface area contributed by atoms with Gasteiger partial charge in [-0.15, -0.1) is 0 Å². The van der Waals surface area contributed by atoms with Gasteiger partial charge in [-0.25, -0.2) is 4.79 Å². The van der Waals surface area contributed by atoms with Gasteiger partial charge in [0.25, 0.3) is 0 Å². The molecule has 3 heteroatoms. The SMILES string of the molecule is CC(C)(C#CC1CCC1)OC(=O)c1cccc([S+](c2ccccc2)c2ccccc2)c1. The maximum Gasteiger partial charge on any atom is 0.339 e. The molecule has 0 saturated heterocycles. The first kappa shape index (κ1) is 21.3. The molecule has 0 unspecified atom stereocenters. The van der Waals surface area contributed by atoms with Gasteiger partial charge in [-0.1, -0.05) is 60.7 Å². The lowest BCUT2D eigenvalue weighted by Crippen LogP contribution is -2.27. The second-order valence-corrected chi connectivity index (χ2v) is 10.3. The molecule has 1 saturated carbocycles. The van der Waals surface area contributed by atoms with Gasteiger partial charge in [0, 0.05) is 12.0 Å². The summed E-state index contributed by atoms with van der Waals surface area (Å²) >= 11 is 0. The van der Waals surface area contributed by atoms with Crippen LogP contribution in [0.1, 0.15) is 43.5 Å². The first-order valence-corrected chi connectivity index (χ1v) is 11.9. The Morgan fingerprint density at radius 3 is 2.00 bits per heavy atom. The van der Waals surface area contributed by atoms with Gasteiger partial charge in [-0.3, -0.25) is 0 Å². The first-order chi connectivity index (χ1) is 15.0. The molecule has 0 spiro atoms. The van der Waals surface area contributed by atoms with Gasteiger partial charge in [0.1, 0.15) is 0 Å². The molecule has 0 amide bonds. The highest BCUT2D eigenvalue weighted by molar-refractivity contribution is 7.97. The lowest BCUT2D eigenvalue weighted by molar-refractivity contribution is 0.0203. The molecule has 0 radical (unpaired) electrons. The molecule has 4 rings (SSSR count). The Labute approximate surface area is 188 Å². The van der Waals surface area contributed by atoms with Gasteiger partial charge in [-0.05, 0) is 63.1 Å². The number of rotatable bonds is 5. The fourth-order valence-electron chi connectivity index (χ4n) is 3.42. The maximum absolute atomic E-state index is 12.9. The molecule has 1 aliphatic rings. The normalized spacial score (nSPS) is 13.8. The third kappa shape index (κ3) is 5.40. The van der Waals surface area contributed by atoms with Crippen molar-refractivity contribution in [3.8, 4) is 11.8 Å². The molecule has 0 aliphatic heterocycles. The second-order valence-electron chi connectivity index (χ2n) is 8.26. The largest absolute Gasteiger partial charge is 0.443 e. The van der Waals surface area contributed by atoms with E-state index < -0.39 is 5.60 Å². The van der Waals surface area contributed by atoms with Crippen LogP contribution in [0.15, 0.2) is 99.6 Å². The minimum atomic E-state index is -0.802. The van der Waals surface area contributed by atoms with Crippen LogP contribution in [0.25, 0.3) is 0 Å². The average Bonchev–Trinajstić information content (AvgIpc) is 2.74. The fourth-order valence-corrected chi connectivity index (χ4v) is 5.55. The van der Waals surface area contributed by atoms with Crippen molar-refractivity contribution < 1.29 is 9.53 Å². The summed E-state index contributed by atoms with van der Waals surface area (Å²) in [6.45, 7) is 3.72. The van der Waals surface area contributed by atoms with Gasteiger partial charge < -0.3 is 4.74 Å². The van der Waals surface area contributed by atoms with Crippen molar-refractivity contribution in [2.24, 2.45) is 5.92 Å². The van der Waals surface area contributed by atoms with E-state index in [1.54, 1.807) is 0 Å². The first-order valence-electron chi connectivity index (χ1n) is 10.7. The van der Waals surface area contributed by atoms with Gasteiger partial charge in [-0.2, -0.15) is 0 Å². The van der Waals surface area contributed by atoms with Gasteiger partial charge >= 0.3 is 5.97 Å². The van der Waals surface area contributed by atoms with Crippen LogP contribution >= 0.6 is 0 Å². The van der Waals surface area contributed by atoms with E-state index in [1.165, 1.54) is 16.2 Å². The topological polar surface area (TPSA) is 26.3 Å². The molecular weight excluding hydrogens is 400 g/mol. The van der Waals surface area contributed by atoms with Gasteiger partial charge in [0.2, 0.25) is 0 Å². The van der Waals surface area contributed by atoms with E-state index >= 15 is 0 Å². The van der Waals surface area contributed by atoms with Gasteiger partial charge in [0.05, 0.1) is 16.5 Å². The number of benzene rings is 3. The number of carbonyl (C=O) groups excluding carboxylic acids is 1. The number of esters is 1. The van der Waals surface area contributed by atoms with E-state index in [2.05, 4.69) is 66.4 Å². The molecule has 2 nitrogen and oxygen atoms in total. The number of hydrogen-bond acceptors (Lipinski definition) is 2. The number of ether oxygens (including phenoxy) is 1. The lowest BCUT2D eigenvalue weighted by Gasteiger charge is -2.22. The highest BCUT2D eigenvalue weighted by Crippen LogP contribution is 2.31. The Morgan fingerprint density at radius 1 is 0.871 bits per heavy atom. The zero-order chi connectivity index (χ0) is 21.7. The molecule has 0 atom stereocenters. The molecule has 0 aromatic heterocycles. The quantitative estimate of drug-likeness (QED) is 0.263. The Bertz CT molecular complexity index is 1050. The zero-order valence-electron chi connectivity index (χ0n) is 18.0. The Balaban J connectivity index is 1.61. The molecule has 0 heterocycles. The number of carbonyl (C=O) groups is 1. The van der Waals surface area contributed by atoms with Crippen molar-refractivity contribution in [2.75, 3.05) is 0 Å². The summed E-state index contributed by atoms with van der Waals surface area (Å²) in [6, 6.07) is 28.6. The van der Waals surface area contributed by atoms with Crippen molar-refractivity contribution >= 4 is 16.9 Å². The molecule has 156 valence electrons. The lowest BCUT2D eigenvalue weighted by atomic mass is 9.85. The Hall–Kier alpha value is -2.96. The summed E-state index contributed by atoms with van der Waals surface area (Å²) in [6.07, 6.45) is 3.55. The van der Waals surface area contributed by atoms with Crippen LogP contribution in [0.3, 0.4) is 0 Å². The van der Waals surface area contributed by atoms with Crippen LogP contribution in [0.4, 0.5) is 0 Å². The van der Waals surface area contributed by atoms with Gasteiger partial charge in [0.15, 0.2) is 20.3 Å². The molecule has 1 aliphatic carbocycles. The van der Waals surface area contributed by atoms with E-state index in [0.29, 0.717) is 11.5 Å². The summed E-state index contributed by atoms with van der Waals surface area (Å²) in [4.78, 5) is 16.5. The summed E-state index contributed by atoms with van der Waals surface area (Å²) < 4.78 is 5.78. The summed E-state index contributed by atoms with van der Waals surface area (Å²) in [7, 11) is -0.304. The van der Waals surface area contributed by atoms with E-state index in [1.807, 2.05) is 44.2 Å². The van der Waals surface area contributed by atoms with Crippen LogP contribution in [0.5, 0.6) is 0 Å². The average molecular weight is 428 g/mol. The monoisotopic (exact) mass is 427 g/mol. The van der Waals surface area contributed by atoms with E-state index in [4.69, 9.17) is 4.74 Å². The fraction of sp³-hybridized carbons (Fsp3) is 0.250. The second kappa shape index (κ2) is 9.45. The molecule has 31 heavy (non-hydrogen) atoms. The van der Waals surface area contributed by atoms with Crippen molar-refractivity contribution in [1.29, 1.82) is 0 Å². The zero-order valence-corrected chi connectivity index (χ0v) is 18.8. The van der Waals surface area contributed by atoms with E-state index in [-0.39, 0.29) is 16.9 Å². The van der Waals surface area contributed by atoms with E-state index in [9.17, 15) is 4.79 Å². The van der Waals surface area contributed by atoms with E-state index in [0.717, 1.165) is 17.7 Å². The predicted molar refractivity (Wildman–Crippen MR) is 126 cm³/mol.